The Hall–Kier alpha value is -3.53. The van der Waals surface area contributed by atoms with E-state index < -0.39 is 11.6 Å². The Morgan fingerprint density at radius 2 is 1.16 bits per heavy atom. The van der Waals surface area contributed by atoms with E-state index in [0.717, 1.165) is 11.1 Å². The fraction of sp³-hybridized carbons (Fsp3) is 0.222. The van der Waals surface area contributed by atoms with Crippen LogP contribution >= 0.6 is 0 Å². The van der Waals surface area contributed by atoms with Crippen molar-refractivity contribution in [2.45, 2.75) is 38.2 Å². The van der Waals surface area contributed by atoms with Crippen LogP contribution in [0.25, 0.3) is 0 Å². The van der Waals surface area contributed by atoms with E-state index in [0.29, 0.717) is 12.0 Å². The molecule has 4 nitrogen and oxygen atoms in total. The van der Waals surface area contributed by atoms with Crippen LogP contribution in [0.5, 0.6) is 0 Å². The normalized spacial score (nSPS) is 11.0. The van der Waals surface area contributed by atoms with E-state index in [1.807, 2.05) is 78.9 Å². The summed E-state index contributed by atoms with van der Waals surface area (Å²) in [6.07, 6.45) is 0.825. The number of Topliss-reactive ketones (excluding diaryl/α,β-unsaturated/α-hetero) is 2. The molecule has 0 bridgehead atoms. The first-order valence-electron chi connectivity index (χ1n) is 10.4. The maximum Gasteiger partial charge on any atom is 0.303 e. The third-order valence-corrected chi connectivity index (χ3v) is 5.28. The highest BCUT2D eigenvalue weighted by Crippen LogP contribution is 2.38. The Morgan fingerprint density at radius 1 is 0.677 bits per heavy atom. The highest BCUT2D eigenvalue weighted by molar-refractivity contribution is 5.98. The van der Waals surface area contributed by atoms with Crippen LogP contribution in [0.2, 0.25) is 0 Å². The molecule has 0 atom stereocenters. The van der Waals surface area contributed by atoms with Crippen LogP contribution in [-0.4, -0.2) is 17.5 Å². The fourth-order valence-electron chi connectivity index (χ4n) is 3.75. The quantitative estimate of drug-likeness (QED) is 0.324. The number of esters is 1. The molecule has 0 saturated carbocycles. The highest BCUT2D eigenvalue weighted by Gasteiger charge is 2.38. The summed E-state index contributed by atoms with van der Waals surface area (Å²) < 4.78 is 5.90. The molecule has 3 aromatic rings. The van der Waals surface area contributed by atoms with Crippen molar-refractivity contribution in [2.75, 3.05) is 0 Å². The van der Waals surface area contributed by atoms with Gasteiger partial charge in [-0.25, -0.2) is 0 Å². The monoisotopic (exact) mass is 414 g/mol. The van der Waals surface area contributed by atoms with Gasteiger partial charge in [0.25, 0.3) is 0 Å². The van der Waals surface area contributed by atoms with E-state index in [-0.39, 0.29) is 30.8 Å². The molecule has 31 heavy (non-hydrogen) atoms. The van der Waals surface area contributed by atoms with Crippen molar-refractivity contribution in [1.29, 1.82) is 0 Å². The largest absolute Gasteiger partial charge is 0.449 e. The molecule has 0 saturated heterocycles. The van der Waals surface area contributed by atoms with E-state index in [4.69, 9.17) is 4.74 Å². The fourth-order valence-corrected chi connectivity index (χ4v) is 3.75. The van der Waals surface area contributed by atoms with Crippen molar-refractivity contribution in [3.05, 3.63) is 108 Å². The Balaban J connectivity index is 1.78. The third kappa shape index (κ3) is 5.76. The number of carbonyl (C=O) groups is 3. The van der Waals surface area contributed by atoms with Gasteiger partial charge in [0, 0.05) is 49.3 Å². The first kappa shape index (κ1) is 22.2. The summed E-state index contributed by atoms with van der Waals surface area (Å²) >= 11 is 0. The first-order chi connectivity index (χ1) is 15.0. The standard InChI is InChI=1S/C27H26O4/c1-21(28)31-27(23-13-7-3-8-14-23,24-15-9-4-10-16-24)20-19-25(29)17-18-26(30)22-11-5-2-6-12-22/h2-16H,17-20H2,1H3. The van der Waals surface area contributed by atoms with Crippen LogP contribution < -0.4 is 0 Å². The average Bonchev–Trinajstić information content (AvgIpc) is 2.81. The molecule has 0 aliphatic rings. The summed E-state index contributed by atoms with van der Waals surface area (Å²) in [5, 5.41) is 0. The number of hydrogen-bond acceptors (Lipinski definition) is 4. The van der Waals surface area contributed by atoms with Crippen LogP contribution in [0.3, 0.4) is 0 Å². The maximum absolute atomic E-state index is 12.7. The van der Waals surface area contributed by atoms with Crippen LogP contribution in [0.15, 0.2) is 91.0 Å². The molecule has 4 heteroatoms. The molecule has 3 rings (SSSR count). The molecule has 3 aromatic carbocycles. The molecular formula is C27H26O4. The predicted molar refractivity (Wildman–Crippen MR) is 120 cm³/mol. The van der Waals surface area contributed by atoms with Gasteiger partial charge in [-0.2, -0.15) is 0 Å². The van der Waals surface area contributed by atoms with Crippen molar-refractivity contribution in [2.24, 2.45) is 0 Å². The van der Waals surface area contributed by atoms with E-state index >= 15 is 0 Å². The summed E-state index contributed by atoms with van der Waals surface area (Å²) in [6.45, 7) is 1.38. The van der Waals surface area contributed by atoms with Crippen LogP contribution in [0.1, 0.15) is 54.1 Å². The van der Waals surface area contributed by atoms with Gasteiger partial charge >= 0.3 is 5.97 Å². The maximum atomic E-state index is 12.7. The minimum absolute atomic E-state index is 0.0346. The molecule has 0 amide bonds. The lowest BCUT2D eigenvalue weighted by Gasteiger charge is -2.34. The van der Waals surface area contributed by atoms with Gasteiger partial charge in [-0.1, -0.05) is 91.0 Å². The minimum Gasteiger partial charge on any atom is -0.449 e. The summed E-state index contributed by atoms with van der Waals surface area (Å²) in [4.78, 5) is 37.1. The lowest BCUT2D eigenvalue weighted by atomic mass is 9.81. The minimum atomic E-state index is -1.06. The third-order valence-electron chi connectivity index (χ3n) is 5.28. The topological polar surface area (TPSA) is 60.4 Å². The van der Waals surface area contributed by atoms with Gasteiger partial charge in [0.05, 0.1) is 0 Å². The summed E-state index contributed by atoms with van der Waals surface area (Å²) in [6, 6.07) is 27.9. The summed E-state index contributed by atoms with van der Waals surface area (Å²) in [5.41, 5.74) is 1.17. The van der Waals surface area contributed by atoms with Crippen molar-refractivity contribution in [3.63, 3.8) is 0 Å². The van der Waals surface area contributed by atoms with Crippen molar-refractivity contribution < 1.29 is 19.1 Å². The molecule has 0 aliphatic carbocycles. The van der Waals surface area contributed by atoms with Gasteiger partial charge in [0.15, 0.2) is 11.4 Å². The molecule has 0 unspecified atom stereocenters. The molecule has 158 valence electrons. The average molecular weight is 415 g/mol. The molecular weight excluding hydrogens is 388 g/mol. The lowest BCUT2D eigenvalue weighted by molar-refractivity contribution is -0.155. The molecule has 0 N–H and O–H groups in total. The van der Waals surface area contributed by atoms with Gasteiger partial charge < -0.3 is 4.74 Å². The molecule has 0 aromatic heterocycles. The zero-order valence-corrected chi connectivity index (χ0v) is 17.6. The Morgan fingerprint density at radius 3 is 1.65 bits per heavy atom. The molecule has 0 spiro atoms. The van der Waals surface area contributed by atoms with Gasteiger partial charge in [0.2, 0.25) is 0 Å². The smallest absolute Gasteiger partial charge is 0.303 e. The molecule has 0 heterocycles. The zero-order valence-electron chi connectivity index (χ0n) is 17.6. The second-order valence-corrected chi connectivity index (χ2v) is 7.48. The van der Waals surface area contributed by atoms with Gasteiger partial charge in [-0.15, -0.1) is 0 Å². The van der Waals surface area contributed by atoms with Gasteiger partial charge in [-0.3, -0.25) is 14.4 Å². The van der Waals surface area contributed by atoms with Crippen molar-refractivity contribution in [3.8, 4) is 0 Å². The number of benzene rings is 3. The van der Waals surface area contributed by atoms with Crippen molar-refractivity contribution >= 4 is 17.5 Å². The molecule has 0 radical (unpaired) electrons. The number of ketones is 2. The Kier molecular flexibility index (Phi) is 7.50. The second-order valence-electron chi connectivity index (χ2n) is 7.48. The number of carbonyl (C=O) groups excluding carboxylic acids is 3. The number of hydrogen-bond donors (Lipinski definition) is 0. The highest BCUT2D eigenvalue weighted by atomic mass is 16.6. The SMILES string of the molecule is CC(=O)OC(CCC(=O)CCC(=O)c1ccccc1)(c1ccccc1)c1ccccc1. The van der Waals surface area contributed by atoms with Gasteiger partial charge in [0.1, 0.15) is 5.78 Å². The number of rotatable bonds is 10. The lowest BCUT2D eigenvalue weighted by Crippen LogP contribution is -2.34. The van der Waals surface area contributed by atoms with E-state index in [1.165, 1.54) is 6.92 Å². The van der Waals surface area contributed by atoms with Crippen LogP contribution in [0.4, 0.5) is 0 Å². The Labute approximate surface area is 182 Å². The Bertz CT molecular complexity index is 971. The van der Waals surface area contributed by atoms with Crippen LogP contribution in [-0.2, 0) is 19.9 Å². The van der Waals surface area contributed by atoms with Crippen molar-refractivity contribution in [1.82, 2.24) is 0 Å². The number of ether oxygens (including phenoxy) is 1. The second kappa shape index (κ2) is 10.5. The summed E-state index contributed by atoms with van der Waals surface area (Å²) in [7, 11) is 0. The van der Waals surface area contributed by atoms with Crippen LogP contribution in [0, 0.1) is 0 Å². The van der Waals surface area contributed by atoms with E-state index in [2.05, 4.69) is 0 Å². The molecule has 0 aliphatic heterocycles. The van der Waals surface area contributed by atoms with E-state index in [1.54, 1.807) is 12.1 Å². The summed E-state index contributed by atoms with van der Waals surface area (Å²) in [5.74, 6) is -0.501. The van der Waals surface area contributed by atoms with Gasteiger partial charge in [-0.05, 0) is 0 Å². The predicted octanol–water partition coefficient (Wildman–Crippen LogP) is 5.51. The molecule has 0 fully saturated rings. The van der Waals surface area contributed by atoms with E-state index in [9.17, 15) is 14.4 Å². The first-order valence-corrected chi connectivity index (χ1v) is 10.4. The zero-order chi connectivity index (χ0) is 22.1.